The topological polar surface area (TPSA) is 74.2 Å². The third kappa shape index (κ3) is 16.1. The maximum Gasteiger partial charge on any atom is 0.134 e. The lowest BCUT2D eigenvalue weighted by molar-refractivity contribution is 0.399. The first-order valence-electron chi connectivity index (χ1n) is 12.3. The van der Waals surface area contributed by atoms with Gasteiger partial charge in [0.2, 0.25) is 0 Å². The molecule has 0 aromatic carbocycles. The van der Waals surface area contributed by atoms with E-state index in [2.05, 4.69) is 56.7 Å². The molecule has 1 rings (SSSR count). The quantitative estimate of drug-likeness (QED) is 0.124. The fourth-order valence-electron chi connectivity index (χ4n) is 2.67. The molecule has 0 bridgehead atoms. The van der Waals surface area contributed by atoms with E-state index < -0.39 is 0 Å². The normalized spacial score (nSPS) is 15.6. The van der Waals surface area contributed by atoms with Crippen molar-refractivity contribution in [2.45, 2.75) is 86.6 Å². The Kier molecular flexibility index (Phi) is 23.2. The average Bonchev–Trinajstić information content (AvgIpc) is 3.30. The van der Waals surface area contributed by atoms with Gasteiger partial charge in [0, 0.05) is 37.4 Å². The summed E-state index contributed by atoms with van der Waals surface area (Å²) < 4.78 is 0. The summed E-state index contributed by atoms with van der Waals surface area (Å²) in [5, 5.41) is 7.84. The predicted molar refractivity (Wildman–Crippen MR) is 152 cm³/mol. The van der Waals surface area contributed by atoms with Gasteiger partial charge in [0.05, 0.1) is 23.0 Å². The van der Waals surface area contributed by atoms with Gasteiger partial charge in [0.1, 0.15) is 5.84 Å². The summed E-state index contributed by atoms with van der Waals surface area (Å²) in [5.74, 6) is 2.15. The van der Waals surface area contributed by atoms with Gasteiger partial charge in [0.25, 0.3) is 0 Å². The molecule has 0 aliphatic carbocycles. The highest BCUT2D eigenvalue weighted by Gasteiger charge is 2.19. The molecule has 0 aromatic rings. The Labute approximate surface area is 213 Å². The molecule has 33 heavy (non-hydrogen) atoms. The molecule has 0 saturated heterocycles. The number of allylic oxidation sites excluding steroid dienone is 5. The fourth-order valence-corrected chi connectivity index (χ4v) is 3.88. The van der Waals surface area contributed by atoms with Crippen molar-refractivity contribution < 1.29 is 5.11 Å². The van der Waals surface area contributed by atoms with Crippen molar-refractivity contribution in [3.63, 3.8) is 0 Å². The molecular formula is C26H49ClN4OS. The number of halogens is 1. The SMILES string of the molecule is CC.CC/C=C\C(Cl)=C/CCCCN(C=NC1=C(C(N)=NC(C)C(C)C)SCC1)CC.CO. The molecule has 0 radical (unpaired) electrons. The molecule has 1 aliphatic rings. The Balaban J connectivity index is 0. The van der Waals surface area contributed by atoms with Gasteiger partial charge in [-0.1, -0.05) is 58.4 Å². The number of hydrogen-bond donors (Lipinski definition) is 2. The number of aliphatic imine (C=N–C) groups is 2. The Morgan fingerprint density at radius 3 is 2.45 bits per heavy atom. The lowest BCUT2D eigenvalue weighted by Crippen LogP contribution is -2.23. The van der Waals surface area contributed by atoms with Crippen LogP contribution in [0.5, 0.6) is 0 Å². The summed E-state index contributed by atoms with van der Waals surface area (Å²) in [6.07, 6.45) is 13.4. The number of amidine groups is 1. The molecule has 0 spiro atoms. The van der Waals surface area contributed by atoms with Crippen LogP contribution in [-0.2, 0) is 0 Å². The van der Waals surface area contributed by atoms with Crippen LogP contribution < -0.4 is 5.73 Å². The zero-order chi connectivity index (χ0) is 25.6. The third-order valence-corrected chi connectivity index (χ3v) is 6.34. The van der Waals surface area contributed by atoms with Crippen molar-refractivity contribution in [3.8, 4) is 0 Å². The molecule has 3 N–H and O–H groups in total. The Morgan fingerprint density at radius 2 is 1.88 bits per heavy atom. The van der Waals surface area contributed by atoms with Crippen LogP contribution in [0.25, 0.3) is 0 Å². The first-order valence-corrected chi connectivity index (χ1v) is 13.7. The maximum atomic E-state index is 7.00. The van der Waals surface area contributed by atoms with Gasteiger partial charge in [-0.2, -0.15) is 0 Å². The number of hydrogen-bond acceptors (Lipinski definition) is 4. The van der Waals surface area contributed by atoms with Gasteiger partial charge < -0.3 is 15.7 Å². The van der Waals surface area contributed by atoms with Crippen LogP contribution in [-0.4, -0.2) is 54.2 Å². The van der Waals surface area contributed by atoms with E-state index in [1.54, 1.807) is 11.8 Å². The summed E-state index contributed by atoms with van der Waals surface area (Å²) in [6, 6.07) is 0.223. The van der Waals surface area contributed by atoms with Crippen molar-refractivity contribution in [3.05, 3.63) is 33.9 Å². The van der Waals surface area contributed by atoms with E-state index in [-0.39, 0.29) is 6.04 Å². The van der Waals surface area contributed by atoms with Gasteiger partial charge in [-0.3, -0.25) is 4.99 Å². The van der Waals surface area contributed by atoms with Crippen LogP contribution in [0.15, 0.2) is 43.8 Å². The highest BCUT2D eigenvalue weighted by molar-refractivity contribution is 8.04. The molecule has 0 saturated carbocycles. The van der Waals surface area contributed by atoms with E-state index in [1.165, 1.54) is 0 Å². The van der Waals surface area contributed by atoms with E-state index in [0.29, 0.717) is 11.8 Å². The summed E-state index contributed by atoms with van der Waals surface area (Å²) in [5.41, 5.74) is 7.35. The van der Waals surface area contributed by atoms with Gasteiger partial charge in [0.15, 0.2) is 0 Å². The summed E-state index contributed by atoms with van der Waals surface area (Å²) in [4.78, 5) is 12.8. The van der Waals surface area contributed by atoms with Crippen molar-refractivity contribution >= 4 is 35.5 Å². The van der Waals surface area contributed by atoms with E-state index in [1.807, 2.05) is 26.3 Å². The predicted octanol–water partition coefficient (Wildman–Crippen LogP) is 6.98. The van der Waals surface area contributed by atoms with Crippen LogP contribution >= 0.6 is 23.4 Å². The number of nitrogens with two attached hydrogens (primary N) is 1. The van der Waals surface area contributed by atoms with E-state index in [4.69, 9.17) is 27.4 Å². The second kappa shape index (κ2) is 22.5. The van der Waals surface area contributed by atoms with Crippen molar-refractivity contribution in [1.82, 2.24) is 4.90 Å². The third-order valence-electron chi connectivity index (χ3n) is 4.92. The number of aliphatic hydroxyl groups is 1. The molecule has 1 heterocycles. The number of unbranched alkanes of at least 4 members (excludes halogenated alkanes) is 2. The minimum atomic E-state index is 0.223. The van der Waals surface area contributed by atoms with Crippen LogP contribution in [0.1, 0.15) is 80.6 Å². The lowest BCUT2D eigenvalue weighted by atomic mass is 10.1. The molecule has 0 aromatic heterocycles. The summed E-state index contributed by atoms with van der Waals surface area (Å²) in [6.45, 7) is 16.7. The molecule has 1 unspecified atom stereocenters. The standard InChI is InChI=1S/C23H39ClN4S.C2H6.CH4O/c1-6-8-12-20(24)13-10-9-11-15-28(7-2)17-26-21-14-16-29-22(21)23(25)27-19(5)18(3)4;2*1-2/h8,12-13,17-19H,6-7,9-11,14-16H2,1-5H3,(H2,25,27);1-2H3;2H,1H3/b12-8-,20-13+,26-17?;;. The van der Waals surface area contributed by atoms with Crippen LogP contribution in [0.4, 0.5) is 0 Å². The van der Waals surface area contributed by atoms with Gasteiger partial charge in [-0.15, -0.1) is 11.8 Å². The Hall–Kier alpha value is -1.24. The molecule has 1 aliphatic heterocycles. The maximum absolute atomic E-state index is 7.00. The minimum Gasteiger partial charge on any atom is -0.400 e. The number of thioether (sulfide) groups is 1. The second-order valence-corrected chi connectivity index (χ2v) is 9.18. The van der Waals surface area contributed by atoms with E-state index >= 15 is 0 Å². The van der Waals surface area contributed by atoms with Crippen molar-refractivity contribution in [1.29, 1.82) is 0 Å². The molecular weight excluding hydrogens is 452 g/mol. The number of aliphatic hydroxyl groups excluding tert-OH is 1. The second-order valence-electron chi connectivity index (χ2n) is 7.64. The van der Waals surface area contributed by atoms with E-state index in [0.717, 1.165) is 73.7 Å². The van der Waals surface area contributed by atoms with Gasteiger partial charge in [-0.25, -0.2) is 4.99 Å². The monoisotopic (exact) mass is 500 g/mol. The number of rotatable bonds is 13. The first-order chi connectivity index (χ1) is 15.9. The van der Waals surface area contributed by atoms with E-state index in [9.17, 15) is 0 Å². The number of nitrogens with zero attached hydrogens (tertiary/aromatic N) is 3. The highest BCUT2D eigenvalue weighted by atomic mass is 35.5. The van der Waals surface area contributed by atoms with Crippen LogP contribution in [0, 0.1) is 5.92 Å². The molecule has 192 valence electrons. The van der Waals surface area contributed by atoms with Crippen LogP contribution in [0.3, 0.4) is 0 Å². The zero-order valence-electron chi connectivity index (χ0n) is 22.3. The summed E-state index contributed by atoms with van der Waals surface area (Å²) in [7, 11) is 1.00. The summed E-state index contributed by atoms with van der Waals surface area (Å²) >= 11 is 7.93. The molecule has 0 amide bonds. The molecule has 1 atom stereocenters. The minimum absolute atomic E-state index is 0.223. The smallest absolute Gasteiger partial charge is 0.134 e. The van der Waals surface area contributed by atoms with Crippen molar-refractivity contribution in [2.24, 2.45) is 21.6 Å². The average molecular weight is 501 g/mol. The Bertz CT molecular complexity index is 642. The van der Waals surface area contributed by atoms with Crippen molar-refractivity contribution in [2.75, 3.05) is 26.0 Å². The van der Waals surface area contributed by atoms with Gasteiger partial charge >= 0.3 is 0 Å². The first kappa shape index (κ1) is 33.9. The molecule has 0 fully saturated rings. The lowest BCUT2D eigenvalue weighted by Gasteiger charge is -2.17. The largest absolute Gasteiger partial charge is 0.400 e. The molecule has 7 heteroatoms. The zero-order valence-corrected chi connectivity index (χ0v) is 23.8. The fraction of sp³-hybridized carbons (Fsp3) is 0.692. The van der Waals surface area contributed by atoms with Crippen LogP contribution in [0.2, 0.25) is 0 Å². The molecule has 5 nitrogen and oxygen atoms in total. The van der Waals surface area contributed by atoms with Gasteiger partial charge in [-0.05, 0) is 51.5 Å². The Morgan fingerprint density at radius 1 is 1.21 bits per heavy atom. The highest BCUT2D eigenvalue weighted by Crippen LogP contribution is 2.32.